The molecule has 0 aliphatic carbocycles. The fraction of sp³-hybridized carbons (Fsp3) is 0.245. The van der Waals surface area contributed by atoms with Gasteiger partial charge in [0.15, 0.2) is 0 Å². The van der Waals surface area contributed by atoms with Gasteiger partial charge >= 0.3 is 0 Å². The molecular weight excluding hydrogens is 2050 g/mol. The normalized spacial score (nSPS) is 10.6. The number of thioether (sulfide) groups is 8. The first-order valence-electron chi connectivity index (χ1n) is 23.7. The molecule has 0 amide bonds. The Labute approximate surface area is 748 Å². The Hall–Kier alpha value is 6.92. The Morgan fingerprint density at radius 3 is 0.505 bits per heavy atom. The lowest BCUT2D eigenvalue weighted by Gasteiger charge is -2.14. The summed E-state index contributed by atoms with van der Waals surface area (Å²) in [4.78, 5) is 5.77. The summed E-state index contributed by atoms with van der Waals surface area (Å²) in [5.74, 6) is 5.62. The van der Waals surface area contributed by atoms with Crippen molar-refractivity contribution in [3.63, 3.8) is 0 Å². The largest absolute Gasteiger partial charge is 0.396 e. The summed E-state index contributed by atoms with van der Waals surface area (Å²) in [6, 6.07) is 0. The van der Waals surface area contributed by atoms with E-state index in [-0.39, 0.29) is 70.9 Å². The molecule has 0 aliphatic rings. The number of aliphatic hydroxyl groups excluding tert-OH is 2. The molecule has 2 N–H and O–H groups in total. The van der Waals surface area contributed by atoms with Crippen LogP contribution in [0.5, 0.6) is 0 Å². The SMILES string of the molecule is C.C=CSc1c(Cl)c(Cl)c(SC=C)c(Cl)c1Cl.ClCCSc1c(Cl)c(Cl)c(SCCCl)c(Cl)c1Cl.ClCCSc1c(Cl)c(Cl)c(SCCCl)c(Cl)c1Cl.Clc1c(Cl)c(Cl)c(Cl)c(Cl)c1Cl.OCCSc1c(Cl)c(Cl)c(SCCO)c(Cl)c1Cl.Sc1c(Cl)c(Cl)c(S)c(Cl)c1Cl. The van der Waals surface area contributed by atoms with Crippen molar-refractivity contribution in [2.45, 2.75) is 56.4 Å². The molecule has 532 valence electrons. The third-order valence-electron chi connectivity index (χ3n) is 9.48. The van der Waals surface area contributed by atoms with Gasteiger partial charge in [-0.25, -0.2) is 0 Å². The van der Waals surface area contributed by atoms with Gasteiger partial charge in [-0.05, 0) is 10.8 Å². The maximum Gasteiger partial charge on any atom is 0.0810 e. The summed E-state index contributed by atoms with van der Waals surface area (Å²) in [6.07, 6.45) is 0. The molecule has 0 fully saturated rings. The van der Waals surface area contributed by atoms with E-state index in [0.717, 1.165) is 0 Å². The van der Waals surface area contributed by atoms with Crippen LogP contribution in [-0.2, 0) is 0 Å². The van der Waals surface area contributed by atoms with Gasteiger partial charge in [-0.15, -0.1) is 142 Å². The van der Waals surface area contributed by atoms with Gasteiger partial charge < -0.3 is 10.2 Å². The molecule has 6 rings (SSSR count). The smallest absolute Gasteiger partial charge is 0.0810 e. The van der Waals surface area contributed by atoms with Gasteiger partial charge in [-0.1, -0.05) is 346 Å². The van der Waals surface area contributed by atoms with Crippen LogP contribution < -0.4 is 0 Å². The number of benzene rings is 6. The van der Waals surface area contributed by atoms with Crippen LogP contribution in [0.1, 0.15) is 7.43 Å². The molecule has 0 saturated heterocycles. The maximum absolute atomic E-state index is 8.81. The fourth-order valence-corrected chi connectivity index (χ4v) is 21.9. The fourth-order valence-electron chi connectivity index (χ4n) is 5.54. The van der Waals surface area contributed by atoms with E-state index < -0.39 is 0 Å². The van der Waals surface area contributed by atoms with E-state index in [4.69, 9.17) is 358 Å². The number of thiol groups is 2. The Balaban J connectivity index is 0.00000112. The number of hydrogen-bond donors (Lipinski definition) is 4. The lowest BCUT2D eigenvalue weighted by atomic mass is 10.3. The minimum atomic E-state index is 0. The van der Waals surface area contributed by atoms with Crippen LogP contribution in [0.15, 0.2) is 72.9 Å². The lowest BCUT2D eigenvalue weighted by molar-refractivity contribution is 0.322. The predicted molar refractivity (Wildman–Crippen MR) is 464 cm³/mol. The standard InChI is InChI=1S/2C10H8Cl6S2.C10H10Cl4O2S2.C10H6Cl4S2.C6Cl6.C6H2Cl4S2.CH4/c2*11-1-3-17-9-5(13)7(15)10(18-4-2-12)8(16)6(9)14;11-5-7(13)10(18-4-2-16)8(14)6(12)9(5)17-3-1-15;1-3-15-9-5(11)7(13)10(16-4-2)8(14)6(9)12;7-1-2(8)4(10)6(12)5(11)3(1)9;7-1-2(8)6(12)4(10)3(9)5(1)11;/h2*1-4H2;15-16H,1-4H2;3-4H,1-2H2;;11-12H;1H4. The summed E-state index contributed by atoms with van der Waals surface area (Å²) in [6.45, 7) is 7.20. The molecule has 0 aliphatic heterocycles. The summed E-state index contributed by atoms with van der Waals surface area (Å²) in [5.41, 5.74) is 0. The highest BCUT2D eigenvalue weighted by Gasteiger charge is 2.25. The second-order valence-corrected chi connectivity index (χ2v) is 36.2. The average Bonchev–Trinajstić information content (AvgIpc) is 0.866. The molecule has 42 heteroatoms. The van der Waals surface area contributed by atoms with Gasteiger partial charge in [0, 0.05) is 97.2 Å². The summed E-state index contributed by atoms with van der Waals surface area (Å²) >= 11 is 197. The van der Waals surface area contributed by atoms with Crippen molar-refractivity contribution in [3.8, 4) is 0 Å². The molecule has 0 aromatic heterocycles. The zero-order chi connectivity index (χ0) is 72.3. The number of hydrogen-bond acceptors (Lipinski definition) is 12. The van der Waals surface area contributed by atoms with Gasteiger partial charge in [-0.3, -0.25) is 0 Å². The molecule has 6 aromatic rings. The van der Waals surface area contributed by atoms with Crippen molar-refractivity contribution < 1.29 is 10.2 Å². The maximum atomic E-state index is 8.81. The van der Waals surface area contributed by atoms with Crippen molar-refractivity contribution in [1.29, 1.82) is 0 Å². The monoisotopic (exact) mass is 2080 g/mol. The first-order chi connectivity index (χ1) is 44.1. The average molecular weight is 2090 g/mol. The highest BCUT2D eigenvalue weighted by atomic mass is 35.5. The van der Waals surface area contributed by atoms with Gasteiger partial charge in [0.2, 0.25) is 0 Å². The molecule has 6 aromatic carbocycles. The van der Waals surface area contributed by atoms with E-state index in [0.29, 0.717) is 187 Å². The van der Waals surface area contributed by atoms with E-state index in [1.807, 2.05) is 0 Å². The Bertz CT molecular complexity index is 2830. The van der Waals surface area contributed by atoms with Gasteiger partial charge in [0.1, 0.15) is 0 Å². The Morgan fingerprint density at radius 2 is 0.379 bits per heavy atom. The van der Waals surface area contributed by atoms with Crippen molar-refractivity contribution in [1.82, 2.24) is 0 Å². The predicted octanol–water partition coefficient (Wildman–Crippen LogP) is 36.3. The van der Waals surface area contributed by atoms with Crippen LogP contribution in [0.4, 0.5) is 0 Å². The molecule has 0 saturated carbocycles. The van der Waals surface area contributed by atoms with Crippen molar-refractivity contribution in [3.05, 3.63) is 155 Å². The van der Waals surface area contributed by atoms with Crippen LogP contribution in [0.2, 0.25) is 131 Å². The van der Waals surface area contributed by atoms with Crippen molar-refractivity contribution in [2.24, 2.45) is 0 Å². The second-order valence-electron chi connectivity index (χ2n) is 15.4. The first kappa shape index (κ1) is 102. The second kappa shape index (κ2) is 53.7. The van der Waals surface area contributed by atoms with Crippen LogP contribution in [0.3, 0.4) is 0 Å². The van der Waals surface area contributed by atoms with Crippen LogP contribution in [0, 0.1) is 0 Å². The molecule has 0 radical (unpaired) electrons. The number of halogens is 30. The molecule has 0 heterocycles. The number of alkyl halides is 4. The van der Waals surface area contributed by atoms with Gasteiger partial charge in [-0.2, -0.15) is 0 Å². The van der Waals surface area contributed by atoms with Crippen molar-refractivity contribution >= 4 is 467 Å². The topological polar surface area (TPSA) is 40.5 Å². The summed E-state index contributed by atoms with van der Waals surface area (Å²) in [5, 5.41) is 28.7. The summed E-state index contributed by atoms with van der Waals surface area (Å²) < 4.78 is 0. The molecule has 95 heavy (non-hydrogen) atoms. The Morgan fingerprint density at radius 1 is 0.242 bits per heavy atom. The van der Waals surface area contributed by atoms with Crippen LogP contribution in [0.25, 0.3) is 0 Å². The van der Waals surface area contributed by atoms with Gasteiger partial charge in [0.25, 0.3) is 0 Å². The van der Waals surface area contributed by atoms with E-state index >= 15 is 0 Å². The highest BCUT2D eigenvalue weighted by Crippen LogP contribution is 2.54. The zero-order valence-electron chi connectivity index (χ0n) is 45.4. The van der Waals surface area contributed by atoms with E-state index in [1.165, 1.54) is 94.1 Å². The lowest BCUT2D eigenvalue weighted by Crippen LogP contribution is -1.92. The number of aliphatic hydroxyl groups is 2. The van der Waals surface area contributed by atoms with Crippen LogP contribution >= 0.6 is 467 Å². The third kappa shape index (κ3) is 30.2. The minimum Gasteiger partial charge on any atom is -0.396 e. The van der Waals surface area contributed by atoms with E-state index in [1.54, 1.807) is 10.8 Å². The molecular formula is C53H38Cl30O2S10. The molecule has 0 spiro atoms. The molecule has 2 nitrogen and oxygen atoms in total. The van der Waals surface area contributed by atoms with Crippen LogP contribution in [-0.4, -0.2) is 81.5 Å². The van der Waals surface area contributed by atoms with Gasteiger partial charge in [0.05, 0.1) is 154 Å². The zero-order valence-corrected chi connectivity index (χ0v) is 76.4. The highest BCUT2D eigenvalue weighted by molar-refractivity contribution is 8.03. The molecule has 0 unspecified atom stereocenters. The number of rotatable bonds is 22. The van der Waals surface area contributed by atoms with Crippen molar-refractivity contribution in [2.75, 3.05) is 71.3 Å². The quantitative estimate of drug-likeness (QED) is 0.0174. The summed E-state index contributed by atoms with van der Waals surface area (Å²) in [7, 11) is 0. The third-order valence-corrected chi connectivity index (χ3v) is 33.9. The van der Waals surface area contributed by atoms with E-state index in [9.17, 15) is 0 Å². The Kier molecular flexibility index (Phi) is 57.7. The molecule has 0 atom stereocenters. The molecule has 0 bridgehead atoms. The van der Waals surface area contributed by atoms with E-state index in [2.05, 4.69) is 38.4 Å². The minimum absolute atomic E-state index is 0. The first-order valence-corrected chi connectivity index (χ1v) is 44.2.